The summed E-state index contributed by atoms with van der Waals surface area (Å²) in [5.41, 5.74) is 2.26. The van der Waals surface area contributed by atoms with Gasteiger partial charge in [-0.2, -0.15) is 5.10 Å². The zero-order chi connectivity index (χ0) is 21.1. The third-order valence-electron chi connectivity index (χ3n) is 4.55. The first-order valence-electron chi connectivity index (χ1n) is 9.47. The lowest BCUT2D eigenvalue weighted by atomic mass is 10.1. The van der Waals surface area contributed by atoms with Crippen LogP contribution in [0, 0.1) is 5.82 Å². The molecule has 0 fully saturated rings. The van der Waals surface area contributed by atoms with E-state index in [1.54, 1.807) is 52.0 Å². The molecule has 1 amide bonds. The Morgan fingerprint density at radius 2 is 2.00 bits per heavy atom. The zero-order valence-electron chi connectivity index (χ0n) is 16.5. The summed E-state index contributed by atoms with van der Waals surface area (Å²) in [4.78, 5) is 12.7. The molecule has 2 aromatic heterocycles. The molecule has 8 nitrogen and oxygen atoms in total. The highest BCUT2D eigenvalue weighted by Crippen LogP contribution is 2.21. The van der Waals surface area contributed by atoms with Crippen LogP contribution >= 0.6 is 0 Å². The molecule has 0 bridgehead atoms. The van der Waals surface area contributed by atoms with Crippen molar-refractivity contribution in [2.75, 3.05) is 5.32 Å². The fraction of sp³-hybridized carbons (Fsp3) is 0.190. The second-order valence-corrected chi connectivity index (χ2v) is 7.09. The molecule has 30 heavy (non-hydrogen) atoms. The molecule has 0 radical (unpaired) electrons. The van der Waals surface area contributed by atoms with Crippen molar-refractivity contribution in [3.8, 4) is 11.4 Å². The predicted octanol–water partition coefficient (Wildman–Crippen LogP) is 3.56. The zero-order valence-corrected chi connectivity index (χ0v) is 16.5. The standard InChI is InChI=1S/C21H20FN7O/c1-14(2)29-20(25-26-27-29)15-7-5-8-16(10-15)21(30)24-18-11-23-28(13-18)12-17-6-3-4-9-19(17)22/h3-11,13-14H,12H2,1-2H3,(H,24,30). The molecule has 2 aromatic carbocycles. The van der Waals surface area contributed by atoms with Gasteiger partial charge in [-0.3, -0.25) is 9.48 Å². The number of nitrogens with zero attached hydrogens (tertiary/aromatic N) is 6. The largest absolute Gasteiger partial charge is 0.319 e. The number of carbonyl (C=O) groups excluding carboxylic acids is 1. The Hall–Kier alpha value is -3.88. The van der Waals surface area contributed by atoms with Crippen molar-refractivity contribution < 1.29 is 9.18 Å². The molecule has 1 N–H and O–H groups in total. The van der Waals surface area contributed by atoms with E-state index < -0.39 is 0 Å². The highest BCUT2D eigenvalue weighted by molar-refractivity contribution is 6.04. The van der Waals surface area contributed by atoms with E-state index in [4.69, 9.17) is 0 Å². The topological polar surface area (TPSA) is 90.5 Å². The molecule has 0 atom stereocenters. The first-order valence-corrected chi connectivity index (χ1v) is 9.47. The van der Waals surface area contributed by atoms with E-state index in [1.807, 2.05) is 19.9 Å². The van der Waals surface area contributed by atoms with E-state index in [0.29, 0.717) is 22.6 Å². The molecule has 9 heteroatoms. The highest BCUT2D eigenvalue weighted by atomic mass is 19.1. The van der Waals surface area contributed by atoms with Gasteiger partial charge >= 0.3 is 0 Å². The van der Waals surface area contributed by atoms with Crippen LogP contribution in [0.5, 0.6) is 0 Å². The number of nitrogens with one attached hydrogen (secondary N) is 1. The summed E-state index contributed by atoms with van der Waals surface area (Å²) < 4.78 is 17.1. The Labute approximate surface area is 172 Å². The smallest absolute Gasteiger partial charge is 0.255 e. The third-order valence-corrected chi connectivity index (χ3v) is 4.55. The maximum absolute atomic E-state index is 13.8. The predicted molar refractivity (Wildman–Crippen MR) is 109 cm³/mol. The number of amides is 1. The van der Waals surface area contributed by atoms with Gasteiger partial charge in [-0.1, -0.05) is 30.3 Å². The van der Waals surface area contributed by atoms with Gasteiger partial charge in [-0.05, 0) is 42.5 Å². The molecular weight excluding hydrogens is 385 g/mol. The van der Waals surface area contributed by atoms with Gasteiger partial charge in [0, 0.05) is 22.9 Å². The summed E-state index contributed by atoms with van der Waals surface area (Å²) in [6.45, 7) is 4.24. The Balaban J connectivity index is 1.49. The molecule has 4 aromatic rings. The number of anilines is 1. The van der Waals surface area contributed by atoms with Crippen LogP contribution < -0.4 is 5.32 Å². The molecule has 0 aliphatic carbocycles. The molecule has 4 rings (SSSR count). The van der Waals surface area contributed by atoms with Gasteiger partial charge in [-0.15, -0.1) is 5.10 Å². The van der Waals surface area contributed by atoms with E-state index in [-0.39, 0.29) is 24.3 Å². The van der Waals surface area contributed by atoms with Crippen LogP contribution in [0.3, 0.4) is 0 Å². The lowest BCUT2D eigenvalue weighted by Crippen LogP contribution is -2.12. The summed E-state index contributed by atoms with van der Waals surface area (Å²) in [6.07, 6.45) is 3.19. The molecule has 152 valence electrons. The quantitative estimate of drug-likeness (QED) is 0.530. The van der Waals surface area contributed by atoms with Crippen molar-refractivity contribution in [3.63, 3.8) is 0 Å². The van der Waals surface area contributed by atoms with Gasteiger partial charge in [0.1, 0.15) is 5.82 Å². The maximum atomic E-state index is 13.8. The lowest BCUT2D eigenvalue weighted by Gasteiger charge is -2.09. The summed E-state index contributed by atoms with van der Waals surface area (Å²) in [7, 11) is 0. The molecule has 0 saturated heterocycles. The lowest BCUT2D eigenvalue weighted by molar-refractivity contribution is 0.102. The van der Waals surface area contributed by atoms with Crippen molar-refractivity contribution in [1.29, 1.82) is 0 Å². The van der Waals surface area contributed by atoms with Gasteiger partial charge in [0.15, 0.2) is 5.82 Å². The fourth-order valence-electron chi connectivity index (χ4n) is 3.05. The van der Waals surface area contributed by atoms with Crippen molar-refractivity contribution in [2.24, 2.45) is 0 Å². The minimum atomic E-state index is -0.292. The van der Waals surface area contributed by atoms with Gasteiger partial charge in [0.05, 0.1) is 24.5 Å². The van der Waals surface area contributed by atoms with Crippen LogP contribution in [-0.2, 0) is 6.54 Å². The molecule has 0 aliphatic heterocycles. The van der Waals surface area contributed by atoms with Gasteiger partial charge in [0.25, 0.3) is 5.91 Å². The van der Waals surface area contributed by atoms with Gasteiger partial charge in [-0.25, -0.2) is 9.07 Å². The van der Waals surface area contributed by atoms with E-state index in [2.05, 4.69) is 25.9 Å². The number of carbonyl (C=O) groups is 1. The Morgan fingerprint density at radius 3 is 2.80 bits per heavy atom. The molecule has 0 saturated carbocycles. The van der Waals surface area contributed by atoms with Crippen LogP contribution in [0.1, 0.15) is 35.8 Å². The summed E-state index contributed by atoms with van der Waals surface area (Å²) in [5.74, 6) is 0.0161. The number of hydrogen-bond acceptors (Lipinski definition) is 5. The fourth-order valence-corrected chi connectivity index (χ4v) is 3.05. The first kappa shape index (κ1) is 19.4. The average molecular weight is 405 g/mol. The summed E-state index contributed by atoms with van der Waals surface area (Å²) in [6, 6.07) is 13.7. The third kappa shape index (κ3) is 4.09. The van der Waals surface area contributed by atoms with Crippen LogP contribution in [0.15, 0.2) is 60.9 Å². The minimum absolute atomic E-state index is 0.0905. The van der Waals surface area contributed by atoms with Crippen LogP contribution in [0.4, 0.5) is 10.1 Å². The van der Waals surface area contributed by atoms with Crippen LogP contribution in [-0.4, -0.2) is 35.9 Å². The summed E-state index contributed by atoms with van der Waals surface area (Å²) in [5, 5.41) is 18.8. The number of aromatic nitrogens is 6. The molecule has 0 aliphatic rings. The second-order valence-electron chi connectivity index (χ2n) is 7.09. The minimum Gasteiger partial charge on any atom is -0.319 e. The van der Waals surface area contributed by atoms with Crippen LogP contribution in [0.2, 0.25) is 0 Å². The van der Waals surface area contributed by atoms with Crippen molar-refractivity contribution in [3.05, 3.63) is 77.9 Å². The Kier molecular flexibility index (Phi) is 5.34. The monoisotopic (exact) mass is 405 g/mol. The first-order chi connectivity index (χ1) is 14.5. The number of halogens is 1. The Bertz CT molecular complexity index is 1180. The van der Waals surface area contributed by atoms with Crippen molar-refractivity contribution in [1.82, 2.24) is 30.0 Å². The van der Waals surface area contributed by atoms with Crippen molar-refractivity contribution in [2.45, 2.75) is 26.4 Å². The van der Waals surface area contributed by atoms with E-state index in [9.17, 15) is 9.18 Å². The van der Waals surface area contributed by atoms with Gasteiger partial charge in [0.2, 0.25) is 0 Å². The van der Waals surface area contributed by atoms with Crippen molar-refractivity contribution >= 4 is 11.6 Å². The second kappa shape index (κ2) is 8.24. The number of hydrogen-bond donors (Lipinski definition) is 1. The molecule has 0 spiro atoms. The maximum Gasteiger partial charge on any atom is 0.255 e. The van der Waals surface area contributed by atoms with E-state index in [1.165, 1.54) is 12.3 Å². The van der Waals surface area contributed by atoms with E-state index >= 15 is 0 Å². The molecule has 2 heterocycles. The normalized spacial score (nSPS) is 11.1. The molecular formula is C21H20FN7O. The summed E-state index contributed by atoms with van der Waals surface area (Å²) >= 11 is 0. The average Bonchev–Trinajstić information content (AvgIpc) is 3.39. The van der Waals surface area contributed by atoms with Crippen LogP contribution in [0.25, 0.3) is 11.4 Å². The molecule has 0 unspecified atom stereocenters. The Morgan fingerprint density at radius 1 is 1.17 bits per heavy atom. The van der Waals surface area contributed by atoms with Gasteiger partial charge < -0.3 is 5.32 Å². The number of benzene rings is 2. The highest BCUT2D eigenvalue weighted by Gasteiger charge is 2.14. The number of tetrazole rings is 1. The number of rotatable bonds is 6. The SMILES string of the molecule is CC(C)n1nnnc1-c1cccc(C(=O)Nc2cnn(Cc3ccccc3F)c2)c1. The van der Waals surface area contributed by atoms with E-state index in [0.717, 1.165) is 5.56 Å².